The van der Waals surface area contributed by atoms with E-state index >= 15 is 0 Å². The van der Waals surface area contributed by atoms with Crippen molar-refractivity contribution in [1.82, 2.24) is 0 Å². The Kier molecular flexibility index (Phi) is 4.63. The molecule has 1 aromatic carbocycles. The Morgan fingerprint density at radius 3 is 2.84 bits per heavy atom. The van der Waals surface area contributed by atoms with Crippen LogP contribution in [0.2, 0.25) is 0 Å². The maximum Gasteiger partial charge on any atom is 0.340 e. The monoisotopic (exact) mass is 265 g/mol. The van der Waals surface area contributed by atoms with Gasteiger partial charge in [0, 0.05) is 13.2 Å². The standard InChI is InChI=1S/C14H19NO4/c1-17-12-4-2-3-11(13(12)15)14(16)19-9-10-5-7-18-8-6-10/h2-4,10H,5-9,15H2,1H3. The van der Waals surface area contributed by atoms with Gasteiger partial charge in [-0.05, 0) is 30.9 Å². The van der Waals surface area contributed by atoms with Crippen LogP contribution in [0.1, 0.15) is 23.2 Å². The molecule has 19 heavy (non-hydrogen) atoms. The van der Waals surface area contributed by atoms with Crippen molar-refractivity contribution in [3.8, 4) is 5.75 Å². The number of para-hydroxylation sites is 1. The summed E-state index contributed by atoms with van der Waals surface area (Å²) in [5.41, 5.74) is 6.53. The number of methoxy groups -OCH3 is 1. The van der Waals surface area contributed by atoms with Crippen LogP contribution in [0.4, 0.5) is 5.69 Å². The lowest BCUT2D eigenvalue weighted by molar-refractivity contribution is 0.0186. The van der Waals surface area contributed by atoms with E-state index in [1.165, 1.54) is 7.11 Å². The lowest BCUT2D eigenvalue weighted by Gasteiger charge is -2.21. The number of hydrogen-bond acceptors (Lipinski definition) is 5. The number of carbonyl (C=O) groups is 1. The second kappa shape index (κ2) is 6.43. The quantitative estimate of drug-likeness (QED) is 0.664. The molecule has 5 heteroatoms. The van der Waals surface area contributed by atoms with E-state index < -0.39 is 5.97 Å². The van der Waals surface area contributed by atoms with E-state index in [4.69, 9.17) is 19.9 Å². The number of benzene rings is 1. The van der Waals surface area contributed by atoms with Crippen LogP contribution in [0.15, 0.2) is 18.2 Å². The van der Waals surface area contributed by atoms with E-state index in [1.807, 2.05) is 0 Å². The number of esters is 1. The van der Waals surface area contributed by atoms with Gasteiger partial charge in [0.1, 0.15) is 5.75 Å². The normalized spacial score (nSPS) is 16.1. The summed E-state index contributed by atoms with van der Waals surface area (Å²) in [6, 6.07) is 5.08. The molecule has 0 amide bonds. The van der Waals surface area contributed by atoms with E-state index in [0.717, 1.165) is 26.1 Å². The molecule has 104 valence electrons. The van der Waals surface area contributed by atoms with Gasteiger partial charge in [0.2, 0.25) is 0 Å². The third-order valence-corrected chi connectivity index (χ3v) is 3.30. The van der Waals surface area contributed by atoms with Crippen LogP contribution >= 0.6 is 0 Å². The van der Waals surface area contributed by atoms with Crippen LogP contribution in [0, 0.1) is 5.92 Å². The SMILES string of the molecule is COc1cccc(C(=O)OCC2CCOCC2)c1N. The molecule has 1 aromatic rings. The second-order valence-electron chi connectivity index (χ2n) is 4.58. The van der Waals surface area contributed by atoms with Crippen LogP contribution in [-0.2, 0) is 9.47 Å². The van der Waals surface area contributed by atoms with Gasteiger partial charge in [-0.2, -0.15) is 0 Å². The van der Waals surface area contributed by atoms with Crippen LogP contribution in [0.25, 0.3) is 0 Å². The average Bonchev–Trinajstić information content (AvgIpc) is 2.46. The Hall–Kier alpha value is -1.75. The van der Waals surface area contributed by atoms with Gasteiger partial charge in [-0.3, -0.25) is 0 Å². The number of rotatable bonds is 4. The molecular weight excluding hydrogens is 246 g/mol. The molecule has 0 unspecified atom stereocenters. The Balaban J connectivity index is 1.95. The summed E-state index contributed by atoms with van der Waals surface area (Å²) in [6.45, 7) is 1.89. The number of nitrogens with two attached hydrogens (primary N) is 1. The predicted molar refractivity (Wildman–Crippen MR) is 71.2 cm³/mol. The molecule has 5 nitrogen and oxygen atoms in total. The zero-order chi connectivity index (χ0) is 13.7. The average molecular weight is 265 g/mol. The minimum absolute atomic E-state index is 0.321. The molecular formula is C14H19NO4. The topological polar surface area (TPSA) is 70.8 Å². The lowest BCUT2D eigenvalue weighted by atomic mass is 10.0. The van der Waals surface area contributed by atoms with E-state index in [-0.39, 0.29) is 0 Å². The summed E-state index contributed by atoms with van der Waals surface area (Å²) < 4.78 is 15.7. The van der Waals surface area contributed by atoms with Crippen LogP contribution in [-0.4, -0.2) is 32.9 Å². The number of ether oxygens (including phenoxy) is 3. The molecule has 0 bridgehead atoms. The maximum absolute atomic E-state index is 12.0. The molecule has 0 atom stereocenters. The number of nitrogen functional groups attached to an aromatic ring is 1. The summed E-state index contributed by atoms with van der Waals surface area (Å²) in [4.78, 5) is 12.0. The van der Waals surface area contributed by atoms with Crippen LogP contribution in [0.5, 0.6) is 5.75 Å². The first kappa shape index (κ1) is 13.7. The van der Waals surface area contributed by atoms with Gasteiger partial charge in [0.05, 0.1) is 25.0 Å². The van der Waals surface area contributed by atoms with E-state index in [9.17, 15) is 4.79 Å². The van der Waals surface area contributed by atoms with Gasteiger partial charge in [0.15, 0.2) is 0 Å². The molecule has 0 aromatic heterocycles. The molecule has 1 saturated heterocycles. The lowest BCUT2D eigenvalue weighted by Crippen LogP contribution is -2.22. The number of hydrogen-bond donors (Lipinski definition) is 1. The van der Waals surface area contributed by atoms with Crippen molar-refractivity contribution < 1.29 is 19.0 Å². The molecule has 1 aliphatic heterocycles. The fraction of sp³-hybridized carbons (Fsp3) is 0.500. The van der Waals surface area contributed by atoms with Crippen molar-refractivity contribution in [2.75, 3.05) is 32.7 Å². The summed E-state index contributed by atoms with van der Waals surface area (Å²) in [5.74, 6) is 0.466. The summed E-state index contributed by atoms with van der Waals surface area (Å²) in [5, 5.41) is 0. The highest BCUT2D eigenvalue weighted by Gasteiger charge is 2.18. The van der Waals surface area contributed by atoms with E-state index in [0.29, 0.717) is 29.5 Å². The zero-order valence-corrected chi connectivity index (χ0v) is 11.1. The molecule has 1 heterocycles. The van der Waals surface area contributed by atoms with Gasteiger partial charge >= 0.3 is 5.97 Å². The van der Waals surface area contributed by atoms with Gasteiger partial charge < -0.3 is 19.9 Å². The molecule has 1 aliphatic rings. The largest absolute Gasteiger partial charge is 0.495 e. The number of carbonyl (C=O) groups excluding carboxylic acids is 1. The van der Waals surface area contributed by atoms with Crippen molar-refractivity contribution in [3.63, 3.8) is 0 Å². The first-order chi connectivity index (χ1) is 9.22. The highest BCUT2D eigenvalue weighted by atomic mass is 16.5. The molecule has 0 saturated carbocycles. The Labute approximate surface area is 112 Å². The van der Waals surface area contributed by atoms with Gasteiger partial charge in [-0.15, -0.1) is 0 Å². The fourth-order valence-corrected chi connectivity index (χ4v) is 2.08. The summed E-state index contributed by atoms with van der Waals surface area (Å²) >= 11 is 0. The molecule has 0 radical (unpaired) electrons. The summed E-state index contributed by atoms with van der Waals surface area (Å²) in [7, 11) is 1.52. The molecule has 1 fully saturated rings. The number of anilines is 1. The molecule has 0 aliphatic carbocycles. The molecule has 2 N–H and O–H groups in total. The summed E-state index contributed by atoms with van der Waals surface area (Å²) in [6.07, 6.45) is 1.86. The Morgan fingerprint density at radius 1 is 1.42 bits per heavy atom. The highest BCUT2D eigenvalue weighted by Crippen LogP contribution is 2.25. The first-order valence-corrected chi connectivity index (χ1v) is 6.39. The van der Waals surface area contributed by atoms with Crippen molar-refractivity contribution in [2.24, 2.45) is 5.92 Å². The maximum atomic E-state index is 12.0. The van der Waals surface area contributed by atoms with Crippen molar-refractivity contribution >= 4 is 11.7 Å². The third-order valence-electron chi connectivity index (χ3n) is 3.30. The van der Waals surface area contributed by atoms with Crippen molar-refractivity contribution in [3.05, 3.63) is 23.8 Å². The minimum Gasteiger partial charge on any atom is -0.495 e. The van der Waals surface area contributed by atoms with Gasteiger partial charge in [-0.25, -0.2) is 4.79 Å². The van der Waals surface area contributed by atoms with E-state index in [1.54, 1.807) is 18.2 Å². The third kappa shape index (κ3) is 3.38. The minimum atomic E-state index is -0.400. The fourth-order valence-electron chi connectivity index (χ4n) is 2.08. The predicted octanol–water partition coefficient (Wildman–Crippen LogP) is 1.86. The van der Waals surface area contributed by atoms with Gasteiger partial charge in [0.25, 0.3) is 0 Å². The van der Waals surface area contributed by atoms with Crippen LogP contribution < -0.4 is 10.5 Å². The van der Waals surface area contributed by atoms with Gasteiger partial charge in [-0.1, -0.05) is 6.07 Å². The van der Waals surface area contributed by atoms with Crippen molar-refractivity contribution in [2.45, 2.75) is 12.8 Å². The smallest absolute Gasteiger partial charge is 0.340 e. The Bertz CT molecular complexity index is 441. The second-order valence-corrected chi connectivity index (χ2v) is 4.58. The Morgan fingerprint density at radius 2 is 2.16 bits per heavy atom. The molecule has 2 rings (SSSR count). The van der Waals surface area contributed by atoms with Crippen molar-refractivity contribution in [1.29, 1.82) is 0 Å². The first-order valence-electron chi connectivity index (χ1n) is 6.39. The van der Waals surface area contributed by atoms with Crippen LogP contribution in [0.3, 0.4) is 0 Å². The highest BCUT2D eigenvalue weighted by molar-refractivity contribution is 5.96. The van der Waals surface area contributed by atoms with E-state index in [2.05, 4.69) is 0 Å². The zero-order valence-electron chi connectivity index (χ0n) is 11.1. The molecule has 0 spiro atoms.